The molecule has 3 atom stereocenters. The van der Waals surface area contributed by atoms with E-state index in [-0.39, 0.29) is 28.3 Å². The van der Waals surface area contributed by atoms with Crippen molar-refractivity contribution in [3.05, 3.63) is 0 Å². The summed E-state index contributed by atoms with van der Waals surface area (Å²) in [6, 6.07) is -0.385. The van der Waals surface area contributed by atoms with Crippen molar-refractivity contribution in [3.8, 4) is 0 Å². The third-order valence-corrected chi connectivity index (χ3v) is 14.6. The fourth-order valence-corrected chi connectivity index (χ4v) is 4.56. The van der Waals surface area contributed by atoms with Crippen molar-refractivity contribution in [2.45, 2.75) is 96.0 Å². The molecule has 1 aliphatic rings. The molecule has 0 saturated carbocycles. The number of ether oxygens (including phenoxy) is 1. The lowest BCUT2D eigenvalue weighted by Crippen LogP contribution is -2.53. The number of rotatable bonds is 4. The lowest BCUT2D eigenvalue weighted by atomic mass is 9.94. The quantitative estimate of drug-likeness (QED) is 0.713. The average Bonchev–Trinajstić information content (AvgIpc) is 2.57. The summed E-state index contributed by atoms with van der Waals surface area (Å²) < 4.78 is 18.7. The van der Waals surface area contributed by atoms with Gasteiger partial charge in [0.05, 0.1) is 18.8 Å². The van der Waals surface area contributed by atoms with E-state index >= 15 is 0 Å². The maximum absolute atomic E-state index is 6.54. The molecule has 1 heterocycles. The highest BCUT2D eigenvalue weighted by molar-refractivity contribution is 6.74. The summed E-state index contributed by atoms with van der Waals surface area (Å²) in [6.07, 6.45) is -0.208. The molecule has 0 aromatic rings. The Balaban J connectivity index is 2.89. The minimum atomic E-state index is -1.90. The van der Waals surface area contributed by atoms with E-state index in [2.05, 4.69) is 67.7 Å². The summed E-state index contributed by atoms with van der Waals surface area (Å²) in [4.78, 5) is 0. The monoisotopic (exact) mass is 342 g/mol. The van der Waals surface area contributed by atoms with Gasteiger partial charge in [-0.3, -0.25) is 0 Å². The van der Waals surface area contributed by atoms with Gasteiger partial charge >= 0.3 is 0 Å². The molecule has 0 unspecified atom stereocenters. The molecule has 1 rings (SSSR count). The number of hydrogen-bond donors (Lipinski definition) is 0. The predicted octanol–water partition coefficient (Wildman–Crippen LogP) is 4.29. The van der Waals surface area contributed by atoms with Crippen molar-refractivity contribution in [1.82, 2.24) is 0 Å². The molecule has 0 spiro atoms. The van der Waals surface area contributed by atoms with Gasteiger partial charge in [-0.25, -0.2) is 0 Å². The Kier molecular flexibility index (Phi) is 5.90. The van der Waals surface area contributed by atoms with Crippen molar-refractivity contribution in [3.63, 3.8) is 0 Å². The molecule has 3 nitrogen and oxygen atoms in total. The molecule has 0 aromatic carbocycles. The van der Waals surface area contributed by atoms with Gasteiger partial charge in [0.2, 0.25) is 0 Å². The van der Waals surface area contributed by atoms with Crippen molar-refractivity contribution < 1.29 is 13.6 Å². The van der Waals surface area contributed by atoms with E-state index in [1.54, 1.807) is 0 Å². The molecule has 22 heavy (non-hydrogen) atoms. The van der Waals surface area contributed by atoms with Gasteiger partial charge in [0.1, 0.15) is 7.85 Å². The fraction of sp³-hybridized carbons (Fsp3) is 1.00. The predicted molar refractivity (Wildman–Crippen MR) is 99.6 cm³/mol. The van der Waals surface area contributed by atoms with E-state index in [0.717, 1.165) is 0 Å². The first kappa shape index (κ1) is 20.4. The highest BCUT2D eigenvalue weighted by Gasteiger charge is 2.48. The first-order valence-corrected chi connectivity index (χ1v) is 14.1. The van der Waals surface area contributed by atoms with Crippen LogP contribution in [-0.2, 0) is 13.6 Å². The van der Waals surface area contributed by atoms with Crippen LogP contribution in [0.4, 0.5) is 0 Å². The van der Waals surface area contributed by atoms with Crippen molar-refractivity contribution in [2.75, 3.05) is 6.61 Å². The van der Waals surface area contributed by atoms with Crippen LogP contribution in [-0.4, -0.2) is 49.3 Å². The maximum atomic E-state index is 6.54. The van der Waals surface area contributed by atoms with E-state index in [1.807, 2.05) is 0 Å². The second-order valence-corrected chi connectivity index (χ2v) is 19.1. The van der Waals surface area contributed by atoms with Crippen LogP contribution in [0.25, 0.3) is 0 Å². The van der Waals surface area contributed by atoms with Crippen LogP contribution < -0.4 is 0 Å². The Morgan fingerprint density at radius 3 is 1.68 bits per heavy atom. The number of hydrogen-bond acceptors (Lipinski definition) is 3. The summed E-state index contributed by atoms with van der Waals surface area (Å²) in [6.45, 7) is 23.0. The van der Waals surface area contributed by atoms with E-state index in [4.69, 9.17) is 21.4 Å². The van der Waals surface area contributed by atoms with Gasteiger partial charge in [0.25, 0.3) is 0 Å². The second-order valence-electron chi connectivity index (χ2n) is 9.56. The minimum absolute atomic E-state index is 0.0509. The highest BCUT2D eigenvalue weighted by Crippen LogP contribution is 2.41. The zero-order chi connectivity index (χ0) is 17.6. The largest absolute Gasteiger partial charge is 0.409 e. The Labute approximate surface area is 141 Å². The Bertz CT molecular complexity index is 386. The lowest BCUT2D eigenvalue weighted by molar-refractivity contribution is 0.0642. The van der Waals surface area contributed by atoms with Crippen LogP contribution in [0.2, 0.25) is 36.3 Å². The van der Waals surface area contributed by atoms with Crippen LogP contribution in [0.3, 0.4) is 0 Å². The Morgan fingerprint density at radius 2 is 1.27 bits per heavy atom. The minimum Gasteiger partial charge on any atom is -0.409 e. The van der Waals surface area contributed by atoms with E-state index in [0.29, 0.717) is 6.61 Å². The Morgan fingerprint density at radius 1 is 0.864 bits per heavy atom. The van der Waals surface area contributed by atoms with Crippen LogP contribution >= 0.6 is 0 Å². The molecule has 0 N–H and O–H groups in total. The van der Waals surface area contributed by atoms with Gasteiger partial charge in [-0.15, -0.1) is 0 Å². The zero-order valence-corrected chi connectivity index (χ0v) is 18.2. The van der Waals surface area contributed by atoms with Crippen molar-refractivity contribution in [1.29, 1.82) is 0 Å². The molecule has 0 aliphatic carbocycles. The molecule has 6 heteroatoms. The topological polar surface area (TPSA) is 27.7 Å². The molecule has 0 aromatic heterocycles. The summed E-state index contributed by atoms with van der Waals surface area (Å²) in [5.41, 5.74) is 0. The van der Waals surface area contributed by atoms with Crippen molar-refractivity contribution in [2.24, 2.45) is 0 Å². The third-order valence-electron chi connectivity index (χ3n) is 5.63. The molecule has 1 fully saturated rings. The molecule has 0 amide bonds. The molecular formula is C16H35BO3Si2. The molecule has 1 saturated heterocycles. The van der Waals surface area contributed by atoms with Crippen LogP contribution in [0.15, 0.2) is 0 Å². The molecule has 2 radical (unpaired) electrons. The van der Waals surface area contributed by atoms with Gasteiger partial charge in [-0.2, -0.15) is 0 Å². The standard InChI is InChI=1S/C16H35BO3Si2/c1-15(2,3)21(7,8)19-12-11-18-14(17)13(12)20-22(9,10)16(4,5)6/h12-14H,11H2,1-10H3/t12-,13-,14-/m1/s1. The van der Waals surface area contributed by atoms with Gasteiger partial charge in [-0.1, -0.05) is 41.5 Å². The van der Waals surface area contributed by atoms with E-state index in [9.17, 15) is 0 Å². The zero-order valence-electron chi connectivity index (χ0n) is 16.2. The van der Waals surface area contributed by atoms with Crippen LogP contribution in [0.5, 0.6) is 0 Å². The summed E-state index contributed by atoms with van der Waals surface area (Å²) in [5, 5.41) is 0.318. The van der Waals surface area contributed by atoms with Gasteiger partial charge < -0.3 is 13.6 Å². The molecule has 1 aliphatic heterocycles. The highest BCUT2D eigenvalue weighted by atomic mass is 28.4. The third kappa shape index (κ3) is 4.47. The summed E-state index contributed by atoms with van der Waals surface area (Å²) in [5.74, 6) is 0. The molecule has 128 valence electrons. The van der Waals surface area contributed by atoms with Gasteiger partial charge in [0.15, 0.2) is 16.6 Å². The van der Waals surface area contributed by atoms with Crippen LogP contribution in [0, 0.1) is 0 Å². The SMILES string of the molecule is [B][C@@H]1OC[C@@H](O[Si](C)(C)C(C)(C)C)[C@H]1O[Si](C)(C)C(C)(C)C. The van der Waals surface area contributed by atoms with Crippen LogP contribution in [0.1, 0.15) is 41.5 Å². The van der Waals surface area contributed by atoms with Gasteiger partial charge in [-0.05, 0) is 36.3 Å². The summed E-state index contributed by atoms with van der Waals surface area (Å²) >= 11 is 0. The smallest absolute Gasteiger partial charge is 0.192 e. The Hall–Kier alpha value is 0.379. The second kappa shape index (κ2) is 6.35. The fourth-order valence-electron chi connectivity index (χ4n) is 1.92. The molecule has 0 bridgehead atoms. The lowest BCUT2D eigenvalue weighted by Gasteiger charge is -2.43. The van der Waals surface area contributed by atoms with E-state index in [1.165, 1.54) is 0 Å². The van der Waals surface area contributed by atoms with E-state index < -0.39 is 16.6 Å². The molecular weight excluding hydrogens is 307 g/mol. The first-order chi connectivity index (χ1) is 9.58. The summed E-state index contributed by atoms with van der Waals surface area (Å²) in [7, 11) is 2.40. The van der Waals surface area contributed by atoms with Crippen molar-refractivity contribution >= 4 is 24.5 Å². The normalized spacial score (nSPS) is 28.2. The maximum Gasteiger partial charge on any atom is 0.192 e. The average molecular weight is 342 g/mol. The first-order valence-electron chi connectivity index (χ1n) is 8.31. The van der Waals surface area contributed by atoms with Gasteiger partial charge in [0, 0.05) is 6.00 Å².